The standard InChI is InChI=1S/C37H30N4O/c1-37(2,3)27-22-25(21-26(23-27)30-15-6-7-19-38-30)28-14-9-17-32-35(28)40-36(29-13-4-5-18-33(29)42)41(32)31-16-8-11-24-12-10-20-39-34(24)31/h4-23,42H,1-3H3. The lowest BCUT2D eigenvalue weighted by molar-refractivity contribution is 0.477. The molecule has 0 fully saturated rings. The van der Waals surface area contributed by atoms with Crippen molar-refractivity contribution in [2.75, 3.05) is 0 Å². The Balaban J connectivity index is 1.56. The first kappa shape index (κ1) is 25.7. The van der Waals surface area contributed by atoms with Crippen molar-refractivity contribution < 1.29 is 5.11 Å². The molecule has 0 saturated carbocycles. The number of hydrogen-bond acceptors (Lipinski definition) is 4. The molecule has 0 bridgehead atoms. The first-order valence-corrected chi connectivity index (χ1v) is 14.1. The van der Waals surface area contributed by atoms with Gasteiger partial charge < -0.3 is 5.11 Å². The van der Waals surface area contributed by atoms with E-state index in [4.69, 9.17) is 9.97 Å². The SMILES string of the molecule is CC(C)(C)c1cc(-c2ccccn2)cc(-c2cccc3c2nc(-c2ccccc2O)n3-c2cccc3cccnc23)c1. The Kier molecular flexibility index (Phi) is 6.09. The molecule has 42 heavy (non-hydrogen) atoms. The zero-order chi connectivity index (χ0) is 28.8. The van der Waals surface area contributed by atoms with Gasteiger partial charge in [0.25, 0.3) is 0 Å². The molecule has 0 unspecified atom stereocenters. The average molecular weight is 547 g/mol. The van der Waals surface area contributed by atoms with E-state index in [2.05, 4.69) is 84.9 Å². The normalized spacial score (nSPS) is 11.8. The number of phenols is 1. The summed E-state index contributed by atoms with van der Waals surface area (Å²) in [5.74, 6) is 0.835. The van der Waals surface area contributed by atoms with Crippen molar-refractivity contribution in [1.82, 2.24) is 19.5 Å². The third-order valence-corrected chi connectivity index (χ3v) is 7.75. The number of nitrogens with zero attached hydrogens (tertiary/aromatic N) is 4. The molecule has 5 heteroatoms. The van der Waals surface area contributed by atoms with E-state index in [1.54, 1.807) is 6.07 Å². The number of imidazole rings is 1. The number of rotatable bonds is 4. The number of aromatic hydroxyl groups is 1. The maximum absolute atomic E-state index is 11.0. The number of phenolic OH excluding ortho intramolecular Hbond substituents is 1. The summed E-state index contributed by atoms with van der Waals surface area (Å²) < 4.78 is 2.12. The summed E-state index contributed by atoms with van der Waals surface area (Å²) in [7, 11) is 0. The van der Waals surface area contributed by atoms with Crippen molar-refractivity contribution in [2.45, 2.75) is 26.2 Å². The van der Waals surface area contributed by atoms with Gasteiger partial charge in [0.15, 0.2) is 0 Å². The Labute approximate surface area is 244 Å². The zero-order valence-corrected chi connectivity index (χ0v) is 23.8. The molecule has 7 rings (SSSR count). The number of para-hydroxylation sites is 3. The van der Waals surface area contributed by atoms with E-state index >= 15 is 0 Å². The molecular formula is C37H30N4O. The van der Waals surface area contributed by atoms with E-state index < -0.39 is 0 Å². The van der Waals surface area contributed by atoms with Crippen LogP contribution >= 0.6 is 0 Å². The molecule has 7 aromatic rings. The minimum Gasteiger partial charge on any atom is -0.507 e. The average Bonchev–Trinajstić information content (AvgIpc) is 3.40. The maximum atomic E-state index is 11.0. The van der Waals surface area contributed by atoms with Crippen LogP contribution in [0.2, 0.25) is 0 Å². The van der Waals surface area contributed by atoms with Gasteiger partial charge in [-0.2, -0.15) is 0 Å². The van der Waals surface area contributed by atoms with Gasteiger partial charge >= 0.3 is 0 Å². The summed E-state index contributed by atoms with van der Waals surface area (Å²) in [5.41, 5.74) is 9.44. The predicted octanol–water partition coefficient (Wildman–Crippen LogP) is 8.97. The second-order valence-corrected chi connectivity index (χ2v) is 11.6. The molecule has 0 aliphatic rings. The Hall–Kier alpha value is -5.29. The molecule has 0 aliphatic heterocycles. The molecule has 0 saturated heterocycles. The third kappa shape index (κ3) is 4.40. The van der Waals surface area contributed by atoms with Crippen molar-refractivity contribution in [1.29, 1.82) is 0 Å². The third-order valence-electron chi connectivity index (χ3n) is 7.75. The van der Waals surface area contributed by atoms with Crippen LogP contribution < -0.4 is 0 Å². The molecular weight excluding hydrogens is 516 g/mol. The Morgan fingerprint density at radius 2 is 1.38 bits per heavy atom. The number of hydrogen-bond donors (Lipinski definition) is 1. The van der Waals surface area contributed by atoms with Crippen molar-refractivity contribution in [3.8, 4) is 45.2 Å². The van der Waals surface area contributed by atoms with Gasteiger partial charge in [0.2, 0.25) is 0 Å². The molecule has 4 aromatic carbocycles. The fourth-order valence-corrected chi connectivity index (χ4v) is 5.59. The Bertz CT molecular complexity index is 2080. The van der Waals surface area contributed by atoms with Gasteiger partial charge in [0.1, 0.15) is 11.6 Å². The molecule has 3 aromatic heterocycles. The van der Waals surface area contributed by atoms with Crippen molar-refractivity contribution in [2.24, 2.45) is 0 Å². The fourth-order valence-electron chi connectivity index (χ4n) is 5.59. The van der Waals surface area contributed by atoms with Gasteiger partial charge in [-0.3, -0.25) is 14.5 Å². The minimum absolute atomic E-state index is 0.0671. The Morgan fingerprint density at radius 1 is 0.643 bits per heavy atom. The van der Waals surface area contributed by atoms with Gasteiger partial charge in [-0.15, -0.1) is 0 Å². The second-order valence-electron chi connectivity index (χ2n) is 11.6. The molecule has 0 spiro atoms. The van der Waals surface area contributed by atoms with E-state index in [-0.39, 0.29) is 11.2 Å². The van der Waals surface area contributed by atoms with E-state index in [0.29, 0.717) is 11.4 Å². The largest absolute Gasteiger partial charge is 0.507 e. The van der Waals surface area contributed by atoms with E-state index in [1.165, 1.54) is 5.56 Å². The summed E-state index contributed by atoms with van der Waals surface area (Å²) in [5, 5.41) is 12.0. The van der Waals surface area contributed by atoms with Crippen LogP contribution in [0.25, 0.3) is 61.4 Å². The maximum Gasteiger partial charge on any atom is 0.149 e. The lowest BCUT2D eigenvalue weighted by Gasteiger charge is -2.21. The van der Waals surface area contributed by atoms with Gasteiger partial charge in [-0.05, 0) is 71.1 Å². The van der Waals surface area contributed by atoms with Crippen LogP contribution in [-0.4, -0.2) is 24.6 Å². The smallest absolute Gasteiger partial charge is 0.149 e. The van der Waals surface area contributed by atoms with Crippen molar-refractivity contribution >= 4 is 21.9 Å². The molecule has 0 radical (unpaired) electrons. The molecule has 0 amide bonds. The molecule has 0 aliphatic carbocycles. The molecule has 0 atom stereocenters. The molecule has 3 heterocycles. The van der Waals surface area contributed by atoms with Crippen LogP contribution in [0.5, 0.6) is 5.75 Å². The van der Waals surface area contributed by atoms with E-state index in [1.807, 2.05) is 60.9 Å². The van der Waals surface area contributed by atoms with Gasteiger partial charge in [-0.25, -0.2) is 4.98 Å². The lowest BCUT2D eigenvalue weighted by atomic mass is 9.83. The zero-order valence-electron chi connectivity index (χ0n) is 23.8. The first-order valence-electron chi connectivity index (χ1n) is 14.1. The highest BCUT2D eigenvalue weighted by Crippen LogP contribution is 2.40. The van der Waals surface area contributed by atoms with Crippen LogP contribution in [0.15, 0.2) is 122 Å². The summed E-state index contributed by atoms with van der Waals surface area (Å²) in [6, 6.07) is 36.5. The first-order chi connectivity index (χ1) is 20.4. The van der Waals surface area contributed by atoms with Crippen LogP contribution in [0.4, 0.5) is 0 Å². The van der Waals surface area contributed by atoms with Gasteiger partial charge in [0.05, 0.1) is 33.5 Å². The van der Waals surface area contributed by atoms with Crippen molar-refractivity contribution in [3.05, 3.63) is 127 Å². The summed E-state index contributed by atoms with van der Waals surface area (Å²) >= 11 is 0. The summed E-state index contributed by atoms with van der Waals surface area (Å²) in [6.45, 7) is 6.69. The quantitative estimate of drug-likeness (QED) is 0.239. The topological polar surface area (TPSA) is 63.8 Å². The molecule has 1 N–H and O–H groups in total. The predicted molar refractivity (Wildman–Crippen MR) is 171 cm³/mol. The van der Waals surface area contributed by atoms with Crippen LogP contribution in [0, 0.1) is 0 Å². The van der Waals surface area contributed by atoms with Crippen LogP contribution in [-0.2, 0) is 5.41 Å². The number of aromatic nitrogens is 4. The highest BCUT2D eigenvalue weighted by atomic mass is 16.3. The van der Waals surface area contributed by atoms with E-state index in [0.717, 1.165) is 50.0 Å². The lowest BCUT2D eigenvalue weighted by Crippen LogP contribution is -2.11. The summed E-state index contributed by atoms with van der Waals surface area (Å²) in [4.78, 5) is 14.7. The fraction of sp³-hybridized carbons (Fsp3) is 0.108. The van der Waals surface area contributed by atoms with E-state index in [9.17, 15) is 5.11 Å². The number of benzene rings is 4. The highest BCUT2D eigenvalue weighted by Gasteiger charge is 2.22. The van der Waals surface area contributed by atoms with Gasteiger partial charge in [-0.1, -0.05) is 75.4 Å². The number of fused-ring (bicyclic) bond motifs is 2. The number of pyridine rings is 2. The van der Waals surface area contributed by atoms with Crippen LogP contribution in [0.1, 0.15) is 26.3 Å². The molecule has 204 valence electrons. The monoisotopic (exact) mass is 546 g/mol. The second kappa shape index (κ2) is 9.96. The van der Waals surface area contributed by atoms with Crippen molar-refractivity contribution in [3.63, 3.8) is 0 Å². The Morgan fingerprint density at radius 3 is 2.19 bits per heavy atom. The highest BCUT2D eigenvalue weighted by molar-refractivity contribution is 5.98. The minimum atomic E-state index is -0.0671. The van der Waals surface area contributed by atoms with Crippen LogP contribution in [0.3, 0.4) is 0 Å². The summed E-state index contributed by atoms with van der Waals surface area (Å²) in [6.07, 6.45) is 3.64. The molecule has 5 nitrogen and oxygen atoms in total. The van der Waals surface area contributed by atoms with Gasteiger partial charge in [0, 0.05) is 28.9 Å².